The first-order chi connectivity index (χ1) is 13.3. The Hall–Kier alpha value is -3.01. The monoisotopic (exact) mass is 412 g/mol. The Morgan fingerprint density at radius 1 is 1.07 bits per heavy atom. The van der Waals surface area contributed by atoms with Crippen LogP contribution >= 0.6 is 11.3 Å². The summed E-state index contributed by atoms with van der Waals surface area (Å²) in [5.41, 5.74) is -0.378. The molecule has 0 atom stereocenters. The van der Waals surface area contributed by atoms with Crippen LogP contribution in [0.1, 0.15) is 17.8 Å². The Morgan fingerprint density at radius 3 is 2.50 bits per heavy atom. The maximum Gasteiger partial charge on any atom is 0.303 e. The first kappa shape index (κ1) is 19.7. The molecule has 2 aromatic carbocycles. The first-order valence-corrected chi connectivity index (χ1v) is 8.78. The molecule has 5 nitrogen and oxygen atoms in total. The van der Waals surface area contributed by atoms with Gasteiger partial charge in [-0.3, -0.25) is 9.59 Å². The molecule has 0 spiro atoms. The molecule has 0 aliphatic carbocycles. The average Bonchev–Trinajstić information content (AvgIpc) is 3.07. The average molecular weight is 412 g/mol. The molecule has 0 aliphatic heterocycles. The summed E-state index contributed by atoms with van der Waals surface area (Å²) in [5, 5.41) is 8.85. The van der Waals surface area contributed by atoms with Crippen LogP contribution in [0, 0.1) is 23.3 Å². The summed E-state index contributed by atoms with van der Waals surface area (Å²) in [6, 6.07) is 5.41. The van der Waals surface area contributed by atoms with Crippen molar-refractivity contribution in [2.45, 2.75) is 19.4 Å². The minimum absolute atomic E-state index is 0.0753. The third-order valence-electron chi connectivity index (χ3n) is 3.83. The third kappa shape index (κ3) is 4.11. The van der Waals surface area contributed by atoms with Crippen molar-refractivity contribution in [3.05, 3.63) is 58.6 Å². The molecular formula is C18H12F4N2O3S. The van der Waals surface area contributed by atoms with Crippen molar-refractivity contribution in [2.24, 2.45) is 0 Å². The van der Waals surface area contributed by atoms with Gasteiger partial charge < -0.3 is 10.0 Å². The fourth-order valence-corrected chi connectivity index (χ4v) is 3.50. The van der Waals surface area contributed by atoms with Crippen LogP contribution in [-0.4, -0.2) is 22.0 Å². The Kier molecular flexibility index (Phi) is 5.59. The van der Waals surface area contributed by atoms with Gasteiger partial charge in [-0.1, -0.05) is 6.07 Å². The summed E-state index contributed by atoms with van der Waals surface area (Å²) < 4.78 is 54.5. The van der Waals surface area contributed by atoms with Gasteiger partial charge in [-0.15, -0.1) is 11.3 Å². The van der Waals surface area contributed by atoms with Crippen LogP contribution in [0.4, 0.5) is 23.2 Å². The lowest BCUT2D eigenvalue weighted by atomic mass is 10.2. The van der Waals surface area contributed by atoms with E-state index in [2.05, 4.69) is 4.98 Å². The molecule has 1 aromatic heterocycles. The zero-order valence-electron chi connectivity index (χ0n) is 14.1. The minimum Gasteiger partial charge on any atom is -0.481 e. The molecule has 0 radical (unpaired) electrons. The third-order valence-corrected chi connectivity index (χ3v) is 4.87. The Bertz CT molecular complexity index is 1070. The van der Waals surface area contributed by atoms with E-state index in [4.69, 9.17) is 5.11 Å². The summed E-state index contributed by atoms with van der Waals surface area (Å²) in [7, 11) is 0. The molecule has 146 valence electrons. The number of carbonyl (C=O) groups excluding carboxylic acids is 1. The molecule has 0 aliphatic rings. The number of thiazole rings is 1. The number of carboxylic acid groups (broad SMARTS) is 1. The summed E-state index contributed by atoms with van der Waals surface area (Å²) in [4.78, 5) is 28.1. The molecular weight excluding hydrogens is 400 g/mol. The van der Waals surface area contributed by atoms with Gasteiger partial charge in [-0.25, -0.2) is 22.5 Å². The first-order valence-electron chi connectivity index (χ1n) is 7.97. The van der Waals surface area contributed by atoms with E-state index < -0.39 is 47.1 Å². The van der Waals surface area contributed by atoms with E-state index >= 15 is 0 Å². The number of carboxylic acids is 1. The number of aliphatic carboxylic acids is 1. The maximum absolute atomic E-state index is 13.9. The van der Waals surface area contributed by atoms with Gasteiger partial charge in [0.15, 0.2) is 11.6 Å². The minimum atomic E-state index is -1.39. The molecule has 10 heteroatoms. The van der Waals surface area contributed by atoms with Crippen LogP contribution in [0.5, 0.6) is 0 Å². The Balaban J connectivity index is 1.98. The number of fused-ring (bicyclic) bond motifs is 1. The van der Waals surface area contributed by atoms with Crippen molar-refractivity contribution in [1.29, 1.82) is 0 Å². The van der Waals surface area contributed by atoms with Crippen molar-refractivity contribution in [1.82, 2.24) is 4.98 Å². The number of amides is 1. The highest BCUT2D eigenvalue weighted by Gasteiger charge is 2.22. The molecule has 3 aromatic rings. The smallest absolute Gasteiger partial charge is 0.303 e. The topological polar surface area (TPSA) is 70.5 Å². The van der Waals surface area contributed by atoms with Gasteiger partial charge in [0.1, 0.15) is 22.2 Å². The number of nitrogens with zero attached hydrogens (tertiary/aromatic N) is 2. The van der Waals surface area contributed by atoms with Gasteiger partial charge in [-0.2, -0.15) is 0 Å². The van der Waals surface area contributed by atoms with Crippen LogP contribution in [0.2, 0.25) is 0 Å². The largest absolute Gasteiger partial charge is 0.481 e. The molecule has 28 heavy (non-hydrogen) atoms. The van der Waals surface area contributed by atoms with Crippen molar-refractivity contribution >= 4 is 39.1 Å². The molecule has 1 N–H and O–H groups in total. The second-order valence-corrected chi connectivity index (χ2v) is 6.88. The van der Waals surface area contributed by atoms with Gasteiger partial charge in [0.2, 0.25) is 5.91 Å². The van der Waals surface area contributed by atoms with Crippen molar-refractivity contribution < 1.29 is 32.3 Å². The maximum atomic E-state index is 13.9. The SMILES string of the molecule is O=C(O)CCC(=O)N(Cc1nc2c(F)c(F)cc(F)c2s1)c1cccc(F)c1. The summed E-state index contributed by atoms with van der Waals surface area (Å²) in [6.07, 6.45) is -0.812. The Morgan fingerprint density at radius 2 is 1.82 bits per heavy atom. The molecule has 0 bridgehead atoms. The number of benzene rings is 2. The Labute approximate surface area is 159 Å². The number of hydrogen-bond donors (Lipinski definition) is 1. The van der Waals surface area contributed by atoms with Crippen LogP contribution in [0.25, 0.3) is 10.2 Å². The molecule has 0 saturated heterocycles. The molecule has 0 saturated carbocycles. The van der Waals surface area contributed by atoms with E-state index in [1.54, 1.807) is 0 Å². The number of carbonyl (C=O) groups is 2. The standard InChI is InChI=1S/C18H12F4N2O3S/c19-9-2-1-3-10(6-9)24(14(25)4-5-15(26)27)8-13-23-17-16(22)11(20)7-12(21)18(17)28-13/h1-3,6-7H,4-5,8H2,(H,26,27). The van der Waals surface area contributed by atoms with Gasteiger partial charge in [0, 0.05) is 18.2 Å². The van der Waals surface area contributed by atoms with Crippen LogP contribution in [0.3, 0.4) is 0 Å². The number of rotatable bonds is 6. The highest BCUT2D eigenvalue weighted by Crippen LogP contribution is 2.30. The van der Waals surface area contributed by atoms with Crippen LogP contribution in [0.15, 0.2) is 30.3 Å². The van der Waals surface area contributed by atoms with Crippen molar-refractivity contribution in [3.8, 4) is 0 Å². The normalized spacial score (nSPS) is 11.0. The number of hydrogen-bond acceptors (Lipinski definition) is 4. The van der Waals surface area contributed by atoms with Gasteiger partial charge in [0.05, 0.1) is 17.7 Å². The number of halogens is 4. The molecule has 1 amide bonds. The highest BCUT2D eigenvalue weighted by molar-refractivity contribution is 7.18. The zero-order valence-corrected chi connectivity index (χ0v) is 14.9. The molecule has 0 fully saturated rings. The number of aromatic nitrogens is 1. The van der Waals surface area contributed by atoms with Gasteiger partial charge in [-0.05, 0) is 18.2 Å². The summed E-state index contributed by atoms with van der Waals surface area (Å²) in [5.74, 6) is -6.15. The summed E-state index contributed by atoms with van der Waals surface area (Å²) >= 11 is 0.719. The zero-order chi connectivity index (χ0) is 20.4. The van der Waals surface area contributed by atoms with E-state index in [0.29, 0.717) is 6.07 Å². The molecule has 0 unspecified atom stereocenters. The fraction of sp³-hybridized carbons (Fsp3) is 0.167. The van der Waals surface area contributed by atoms with Crippen LogP contribution in [-0.2, 0) is 16.1 Å². The molecule has 3 rings (SSSR count). The van der Waals surface area contributed by atoms with E-state index in [9.17, 15) is 27.2 Å². The van der Waals surface area contributed by atoms with E-state index in [1.165, 1.54) is 12.1 Å². The van der Waals surface area contributed by atoms with Crippen molar-refractivity contribution in [3.63, 3.8) is 0 Å². The van der Waals surface area contributed by atoms with E-state index in [-0.39, 0.29) is 28.4 Å². The predicted molar refractivity (Wildman–Crippen MR) is 94.0 cm³/mol. The second-order valence-electron chi connectivity index (χ2n) is 5.79. The summed E-state index contributed by atoms with van der Waals surface area (Å²) in [6.45, 7) is -0.290. The van der Waals surface area contributed by atoms with E-state index in [1.807, 2.05) is 0 Å². The second kappa shape index (κ2) is 7.93. The van der Waals surface area contributed by atoms with E-state index in [0.717, 1.165) is 28.4 Å². The lowest BCUT2D eigenvalue weighted by Crippen LogP contribution is -2.30. The quantitative estimate of drug-likeness (QED) is 0.485. The molecule has 1 heterocycles. The highest BCUT2D eigenvalue weighted by atomic mass is 32.1. The van der Waals surface area contributed by atoms with Crippen molar-refractivity contribution in [2.75, 3.05) is 4.90 Å². The van der Waals surface area contributed by atoms with Crippen LogP contribution < -0.4 is 4.90 Å². The lowest BCUT2D eigenvalue weighted by Gasteiger charge is -2.21. The fourth-order valence-electron chi connectivity index (χ4n) is 2.55. The van der Waals surface area contributed by atoms with Gasteiger partial charge >= 0.3 is 5.97 Å². The predicted octanol–water partition coefficient (Wildman–Crippen LogP) is 4.25. The lowest BCUT2D eigenvalue weighted by molar-refractivity contribution is -0.138. The van der Waals surface area contributed by atoms with Gasteiger partial charge in [0.25, 0.3) is 0 Å². The number of anilines is 1.